The van der Waals surface area contributed by atoms with Gasteiger partial charge in [0, 0.05) is 37.2 Å². The van der Waals surface area contributed by atoms with Crippen molar-refractivity contribution in [3.8, 4) is 11.5 Å². The fraction of sp³-hybridized carbons (Fsp3) is 0.500. The van der Waals surface area contributed by atoms with E-state index in [0.29, 0.717) is 34.6 Å². The highest BCUT2D eigenvalue weighted by molar-refractivity contribution is 5.86. The Hall–Kier alpha value is -3.17. The first-order valence-electron chi connectivity index (χ1n) is 12.5. The average Bonchev–Trinajstić information content (AvgIpc) is 3.52. The summed E-state index contributed by atoms with van der Waals surface area (Å²) in [6, 6.07) is 10.8. The molecule has 2 aliphatic rings. The molecule has 1 saturated heterocycles. The van der Waals surface area contributed by atoms with Crippen LogP contribution in [0.4, 0.5) is 4.39 Å². The number of fused-ring (bicyclic) bond motifs is 1. The Morgan fingerprint density at radius 3 is 2.51 bits per heavy atom. The largest absolute Gasteiger partial charge is 0.497 e. The lowest BCUT2D eigenvalue weighted by Gasteiger charge is -2.30. The molecular formula is C28H35FN2O6. The number of hydrogen-bond donors (Lipinski definition) is 2. The van der Waals surface area contributed by atoms with Gasteiger partial charge in [-0.15, -0.1) is 0 Å². The summed E-state index contributed by atoms with van der Waals surface area (Å²) in [6.45, 7) is 1.70. The zero-order valence-electron chi connectivity index (χ0n) is 21.7. The van der Waals surface area contributed by atoms with E-state index in [1.165, 1.54) is 19.6 Å². The topological polar surface area (TPSA) is 95.1 Å². The van der Waals surface area contributed by atoms with Crippen molar-refractivity contribution in [2.24, 2.45) is 11.8 Å². The van der Waals surface area contributed by atoms with Crippen LogP contribution in [-0.2, 0) is 32.1 Å². The van der Waals surface area contributed by atoms with Gasteiger partial charge in [0.2, 0.25) is 5.91 Å². The zero-order valence-corrected chi connectivity index (χ0v) is 21.7. The lowest BCUT2D eigenvalue weighted by Crippen LogP contribution is -2.51. The van der Waals surface area contributed by atoms with Crippen molar-refractivity contribution in [2.75, 3.05) is 21.3 Å². The highest BCUT2D eigenvalue weighted by Crippen LogP contribution is 2.42. The predicted octanol–water partition coefficient (Wildman–Crippen LogP) is 3.02. The highest BCUT2D eigenvalue weighted by Gasteiger charge is 2.49. The van der Waals surface area contributed by atoms with Gasteiger partial charge in [0.25, 0.3) is 0 Å². The molecule has 2 N–H and O–H groups in total. The van der Waals surface area contributed by atoms with Crippen LogP contribution < -0.4 is 20.1 Å². The summed E-state index contributed by atoms with van der Waals surface area (Å²) in [6.07, 6.45) is 1.74. The van der Waals surface area contributed by atoms with Gasteiger partial charge in [-0.2, -0.15) is 0 Å². The molecule has 200 valence electrons. The molecule has 0 bridgehead atoms. The summed E-state index contributed by atoms with van der Waals surface area (Å²) >= 11 is 0. The number of hydrogen-bond acceptors (Lipinski definition) is 7. The van der Waals surface area contributed by atoms with E-state index < -0.39 is 23.7 Å². The van der Waals surface area contributed by atoms with E-state index in [1.807, 2.05) is 0 Å². The lowest BCUT2D eigenvalue weighted by atomic mass is 9.94. The van der Waals surface area contributed by atoms with Crippen LogP contribution in [0.25, 0.3) is 0 Å². The molecule has 3 unspecified atom stereocenters. The molecule has 1 aliphatic heterocycles. The van der Waals surface area contributed by atoms with Crippen LogP contribution >= 0.6 is 0 Å². The van der Waals surface area contributed by atoms with Crippen molar-refractivity contribution in [1.29, 1.82) is 0 Å². The normalized spacial score (nSPS) is 22.4. The van der Waals surface area contributed by atoms with Crippen LogP contribution in [0.2, 0.25) is 0 Å². The Morgan fingerprint density at radius 1 is 1.08 bits per heavy atom. The summed E-state index contributed by atoms with van der Waals surface area (Å²) in [5, 5.41) is 6.33. The van der Waals surface area contributed by atoms with Crippen LogP contribution in [0, 0.1) is 17.7 Å². The quantitative estimate of drug-likeness (QED) is 0.421. The predicted molar refractivity (Wildman–Crippen MR) is 135 cm³/mol. The van der Waals surface area contributed by atoms with Crippen molar-refractivity contribution < 1.29 is 32.9 Å². The number of carbonyl (C=O) groups is 2. The van der Waals surface area contributed by atoms with Crippen LogP contribution in [0.5, 0.6) is 11.5 Å². The highest BCUT2D eigenvalue weighted by atomic mass is 19.1. The molecule has 0 spiro atoms. The van der Waals surface area contributed by atoms with Crippen LogP contribution in [0.1, 0.15) is 30.9 Å². The molecule has 8 nitrogen and oxygen atoms in total. The molecule has 6 atom stereocenters. The summed E-state index contributed by atoms with van der Waals surface area (Å²) in [7, 11) is 4.65. The number of piperidine rings is 1. The summed E-state index contributed by atoms with van der Waals surface area (Å²) in [5.74, 6) is -0.254. The maximum absolute atomic E-state index is 14.4. The summed E-state index contributed by atoms with van der Waals surface area (Å²) in [4.78, 5) is 26.5. The van der Waals surface area contributed by atoms with Crippen molar-refractivity contribution in [1.82, 2.24) is 10.6 Å². The third kappa shape index (κ3) is 6.40. The zero-order chi connectivity index (χ0) is 26.5. The number of halogens is 1. The van der Waals surface area contributed by atoms with Gasteiger partial charge in [0.05, 0.1) is 26.2 Å². The van der Waals surface area contributed by atoms with E-state index in [9.17, 15) is 14.0 Å². The van der Waals surface area contributed by atoms with Gasteiger partial charge in [0.15, 0.2) is 0 Å². The van der Waals surface area contributed by atoms with Gasteiger partial charge in [-0.1, -0.05) is 25.1 Å². The first-order chi connectivity index (χ1) is 17.8. The molecule has 4 rings (SSSR count). The SMILES string of the molecule is COc1ccc(COC(=O)C(Cc2ccccc2F)NC(=O)C(C)C(OC)[C@@H]2C[C@@H]3C[C@@H]3N2)c(OC)c1. The minimum atomic E-state index is -1.08. The maximum Gasteiger partial charge on any atom is 0.329 e. The molecule has 1 heterocycles. The fourth-order valence-electron chi connectivity index (χ4n) is 5.08. The Balaban J connectivity index is 1.46. The molecule has 2 aromatic carbocycles. The molecular weight excluding hydrogens is 479 g/mol. The minimum absolute atomic E-state index is 0.0484. The van der Waals surface area contributed by atoms with Gasteiger partial charge in [0.1, 0.15) is 30.0 Å². The first kappa shape index (κ1) is 26.9. The van der Waals surface area contributed by atoms with E-state index in [4.69, 9.17) is 18.9 Å². The van der Waals surface area contributed by atoms with E-state index in [0.717, 1.165) is 6.42 Å². The van der Waals surface area contributed by atoms with Crippen molar-refractivity contribution >= 4 is 11.9 Å². The molecule has 0 aromatic heterocycles. The number of methoxy groups -OCH3 is 3. The van der Waals surface area contributed by atoms with Gasteiger partial charge >= 0.3 is 5.97 Å². The van der Waals surface area contributed by atoms with Crippen LogP contribution in [0.3, 0.4) is 0 Å². The van der Waals surface area contributed by atoms with E-state index in [-0.39, 0.29) is 31.1 Å². The van der Waals surface area contributed by atoms with Gasteiger partial charge in [-0.25, -0.2) is 9.18 Å². The molecule has 1 aliphatic carbocycles. The number of rotatable bonds is 12. The summed E-state index contributed by atoms with van der Waals surface area (Å²) < 4.78 is 36.3. The number of amides is 1. The smallest absolute Gasteiger partial charge is 0.329 e. The summed E-state index contributed by atoms with van der Waals surface area (Å²) in [5.41, 5.74) is 0.937. The van der Waals surface area contributed by atoms with Crippen molar-refractivity contribution in [3.63, 3.8) is 0 Å². The second-order valence-electron chi connectivity index (χ2n) is 9.74. The average molecular weight is 515 g/mol. The number of benzene rings is 2. The molecule has 2 aromatic rings. The standard InChI is InChI=1S/C28H35FN2O6/c1-16(26(36-4)23-13-19-12-22(19)30-23)27(32)31-24(11-17-7-5-6-8-21(17)29)28(33)37-15-18-9-10-20(34-2)14-25(18)35-3/h5-10,14,16,19,22-24,26,30H,11-13,15H2,1-4H3,(H,31,32)/t16?,19-,22-,23-,24?,26?/m0/s1. The molecule has 9 heteroatoms. The van der Waals surface area contributed by atoms with E-state index in [1.54, 1.807) is 57.5 Å². The third-order valence-electron chi connectivity index (χ3n) is 7.33. The first-order valence-corrected chi connectivity index (χ1v) is 12.5. The van der Waals surface area contributed by atoms with E-state index >= 15 is 0 Å². The number of carbonyl (C=O) groups excluding carboxylic acids is 2. The molecule has 1 amide bonds. The molecule has 0 radical (unpaired) electrons. The van der Waals surface area contributed by atoms with E-state index in [2.05, 4.69) is 10.6 Å². The lowest BCUT2D eigenvalue weighted by molar-refractivity contribution is -0.150. The minimum Gasteiger partial charge on any atom is -0.497 e. The van der Waals surface area contributed by atoms with Crippen molar-refractivity contribution in [2.45, 2.75) is 57.0 Å². The second-order valence-corrected chi connectivity index (χ2v) is 9.74. The Kier molecular flexibility index (Phi) is 8.66. The molecule has 37 heavy (non-hydrogen) atoms. The number of nitrogens with one attached hydrogen (secondary N) is 2. The number of esters is 1. The van der Waals surface area contributed by atoms with Gasteiger partial charge in [-0.3, -0.25) is 4.79 Å². The van der Waals surface area contributed by atoms with Crippen molar-refractivity contribution in [3.05, 3.63) is 59.4 Å². The Morgan fingerprint density at radius 2 is 1.86 bits per heavy atom. The Bertz CT molecular complexity index is 1100. The van der Waals surface area contributed by atoms with Gasteiger partial charge < -0.3 is 29.6 Å². The maximum atomic E-state index is 14.4. The monoisotopic (exact) mass is 514 g/mol. The molecule has 2 fully saturated rings. The van der Waals surface area contributed by atoms with Gasteiger partial charge in [-0.05, 0) is 42.5 Å². The third-order valence-corrected chi connectivity index (χ3v) is 7.33. The number of ether oxygens (including phenoxy) is 4. The van der Waals surface area contributed by atoms with Crippen LogP contribution in [-0.4, -0.2) is 57.4 Å². The second kappa shape index (κ2) is 11.9. The Labute approximate surface area is 216 Å². The molecule has 1 saturated carbocycles. The van der Waals surface area contributed by atoms with Crippen LogP contribution in [0.15, 0.2) is 42.5 Å². The fourth-order valence-corrected chi connectivity index (χ4v) is 5.08.